The number of carbonyl (C=O) groups is 1. The van der Waals surface area contributed by atoms with Gasteiger partial charge in [0.15, 0.2) is 0 Å². The molecule has 88 valence electrons. The summed E-state index contributed by atoms with van der Waals surface area (Å²) in [5.41, 5.74) is 0.318. The standard InChI is InChI=1S/C11H12BrClFNO/c1-7(6-12)15(2)11(16)9-4-3-8(14)5-10(9)13/h3-5,7H,6H2,1-2H3. The van der Waals surface area contributed by atoms with E-state index in [1.807, 2.05) is 6.92 Å². The van der Waals surface area contributed by atoms with Gasteiger partial charge in [-0.25, -0.2) is 4.39 Å². The lowest BCUT2D eigenvalue weighted by molar-refractivity contribution is 0.0758. The Balaban J connectivity index is 2.96. The molecular formula is C11H12BrClFNO. The molecule has 0 heterocycles. The summed E-state index contributed by atoms with van der Waals surface area (Å²) in [6.07, 6.45) is 0. The molecule has 16 heavy (non-hydrogen) atoms. The van der Waals surface area contributed by atoms with Gasteiger partial charge in [0.25, 0.3) is 5.91 Å². The van der Waals surface area contributed by atoms with Gasteiger partial charge >= 0.3 is 0 Å². The summed E-state index contributed by atoms with van der Waals surface area (Å²) in [4.78, 5) is 13.5. The molecule has 1 atom stereocenters. The summed E-state index contributed by atoms with van der Waals surface area (Å²) in [7, 11) is 1.69. The monoisotopic (exact) mass is 307 g/mol. The van der Waals surface area contributed by atoms with Crippen LogP contribution in [-0.2, 0) is 0 Å². The minimum atomic E-state index is -0.447. The number of hydrogen-bond acceptors (Lipinski definition) is 1. The van der Waals surface area contributed by atoms with Gasteiger partial charge in [0, 0.05) is 18.4 Å². The summed E-state index contributed by atoms with van der Waals surface area (Å²) in [6, 6.07) is 3.82. The van der Waals surface area contributed by atoms with Gasteiger partial charge in [0.1, 0.15) is 5.82 Å². The second kappa shape index (κ2) is 5.64. The fourth-order valence-electron chi connectivity index (χ4n) is 1.16. The Kier molecular flexibility index (Phi) is 4.74. The highest BCUT2D eigenvalue weighted by Gasteiger charge is 2.19. The van der Waals surface area contributed by atoms with Crippen molar-refractivity contribution in [3.05, 3.63) is 34.6 Å². The quantitative estimate of drug-likeness (QED) is 0.784. The minimum Gasteiger partial charge on any atom is -0.338 e. The average molecular weight is 309 g/mol. The van der Waals surface area contributed by atoms with Crippen LogP contribution in [0.1, 0.15) is 17.3 Å². The molecule has 5 heteroatoms. The molecule has 0 aliphatic carbocycles. The second-order valence-electron chi connectivity index (χ2n) is 3.54. The Labute approximate surface area is 108 Å². The fraction of sp³-hybridized carbons (Fsp3) is 0.364. The van der Waals surface area contributed by atoms with Crippen LogP contribution in [0.3, 0.4) is 0 Å². The lowest BCUT2D eigenvalue weighted by Crippen LogP contribution is -2.36. The Morgan fingerprint density at radius 3 is 2.75 bits per heavy atom. The number of alkyl halides is 1. The molecule has 0 spiro atoms. The van der Waals surface area contributed by atoms with E-state index in [0.717, 1.165) is 6.07 Å². The highest BCUT2D eigenvalue weighted by Crippen LogP contribution is 2.19. The van der Waals surface area contributed by atoms with E-state index in [-0.39, 0.29) is 17.0 Å². The van der Waals surface area contributed by atoms with E-state index in [4.69, 9.17) is 11.6 Å². The Morgan fingerprint density at radius 1 is 1.62 bits per heavy atom. The topological polar surface area (TPSA) is 20.3 Å². The molecule has 1 aromatic rings. The predicted octanol–water partition coefficient (Wildman–Crippen LogP) is 3.33. The average Bonchev–Trinajstić information content (AvgIpc) is 2.26. The first kappa shape index (κ1) is 13.5. The van der Waals surface area contributed by atoms with Gasteiger partial charge < -0.3 is 4.90 Å². The molecule has 0 aliphatic rings. The molecule has 0 saturated heterocycles. The van der Waals surface area contributed by atoms with Crippen LogP contribution in [0.5, 0.6) is 0 Å². The van der Waals surface area contributed by atoms with Crippen LogP contribution in [0.15, 0.2) is 18.2 Å². The molecule has 1 unspecified atom stereocenters. The largest absolute Gasteiger partial charge is 0.338 e. The second-order valence-corrected chi connectivity index (χ2v) is 4.60. The number of nitrogens with zero attached hydrogens (tertiary/aromatic N) is 1. The van der Waals surface area contributed by atoms with Crippen LogP contribution >= 0.6 is 27.5 Å². The van der Waals surface area contributed by atoms with Crippen molar-refractivity contribution in [1.82, 2.24) is 4.90 Å². The summed E-state index contributed by atoms with van der Waals surface area (Å²) < 4.78 is 12.8. The molecule has 0 aromatic heterocycles. The maximum Gasteiger partial charge on any atom is 0.255 e. The molecule has 0 bridgehead atoms. The minimum absolute atomic E-state index is 0.0496. The molecule has 1 rings (SSSR count). The van der Waals surface area contributed by atoms with E-state index < -0.39 is 5.82 Å². The molecule has 1 amide bonds. The first-order chi connectivity index (χ1) is 7.47. The van der Waals surface area contributed by atoms with E-state index in [2.05, 4.69) is 15.9 Å². The maximum absolute atomic E-state index is 12.8. The molecule has 0 aliphatic heterocycles. The van der Waals surface area contributed by atoms with Crippen molar-refractivity contribution in [2.75, 3.05) is 12.4 Å². The van der Waals surface area contributed by atoms with E-state index in [9.17, 15) is 9.18 Å². The normalized spacial score (nSPS) is 12.3. The van der Waals surface area contributed by atoms with Crippen LogP contribution in [-0.4, -0.2) is 29.2 Å². The van der Waals surface area contributed by atoms with Crippen molar-refractivity contribution in [2.24, 2.45) is 0 Å². The summed E-state index contributed by atoms with van der Waals surface area (Å²) in [5, 5.41) is 0.812. The van der Waals surface area contributed by atoms with E-state index in [1.54, 1.807) is 11.9 Å². The van der Waals surface area contributed by atoms with Crippen LogP contribution in [0, 0.1) is 5.82 Å². The molecule has 2 nitrogen and oxygen atoms in total. The number of carbonyl (C=O) groups excluding carboxylic acids is 1. The lowest BCUT2D eigenvalue weighted by Gasteiger charge is -2.23. The number of halogens is 3. The number of rotatable bonds is 3. The van der Waals surface area contributed by atoms with Gasteiger partial charge in [-0.1, -0.05) is 27.5 Å². The lowest BCUT2D eigenvalue weighted by atomic mass is 10.2. The van der Waals surface area contributed by atoms with Crippen LogP contribution in [0.2, 0.25) is 5.02 Å². The van der Waals surface area contributed by atoms with Crippen LogP contribution in [0.4, 0.5) is 4.39 Å². The third-order valence-electron chi connectivity index (χ3n) is 2.37. The third-order valence-corrected chi connectivity index (χ3v) is 3.62. The van der Waals surface area contributed by atoms with Crippen LogP contribution < -0.4 is 0 Å². The molecule has 1 aromatic carbocycles. The first-order valence-corrected chi connectivity index (χ1v) is 6.25. The zero-order chi connectivity index (χ0) is 12.3. The maximum atomic E-state index is 12.8. The Bertz CT molecular complexity index is 400. The molecule has 0 fully saturated rings. The predicted molar refractivity (Wildman–Crippen MR) is 66.8 cm³/mol. The highest BCUT2D eigenvalue weighted by molar-refractivity contribution is 9.09. The number of hydrogen-bond donors (Lipinski definition) is 0. The van der Waals surface area contributed by atoms with Gasteiger partial charge in [0.2, 0.25) is 0 Å². The number of benzene rings is 1. The van der Waals surface area contributed by atoms with Crippen molar-refractivity contribution in [3.8, 4) is 0 Å². The van der Waals surface area contributed by atoms with E-state index >= 15 is 0 Å². The van der Waals surface area contributed by atoms with E-state index in [1.165, 1.54) is 12.1 Å². The van der Waals surface area contributed by atoms with Gasteiger partial charge in [-0.05, 0) is 25.1 Å². The highest BCUT2D eigenvalue weighted by atomic mass is 79.9. The molecule has 0 saturated carbocycles. The molecule has 0 N–H and O–H groups in total. The fourth-order valence-corrected chi connectivity index (χ4v) is 1.84. The first-order valence-electron chi connectivity index (χ1n) is 4.75. The Hall–Kier alpha value is -0.610. The number of amides is 1. The van der Waals surface area contributed by atoms with Crippen LogP contribution in [0.25, 0.3) is 0 Å². The van der Waals surface area contributed by atoms with Gasteiger partial charge in [-0.2, -0.15) is 0 Å². The van der Waals surface area contributed by atoms with Crippen molar-refractivity contribution in [2.45, 2.75) is 13.0 Å². The van der Waals surface area contributed by atoms with Crippen molar-refractivity contribution >= 4 is 33.4 Å². The van der Waals surface area contributed by atoms with Gasteiger partial charge in [-0.15, -0.1) is 0 Å². The SMILES string of the molecule is CC(CBr)N(C)C(=O)c1ccc(F)cc1Cl. The van der Waals surface area contributed by atoms with Crippen molar-refractivity contribution in [3.63, 3.8) is 0 Å². The zero-order valence-electron chi connectivity index (χ0n) is 9.01. The zero-order valence-corrected chi connectivity index (χ0v) is 11.3. The third kappa shape index (κ3) is 2.95. The Morgan fingerprint density at radius 2 is 2.25 bits per heavy atom. The molecular weight excluding hydrogens is 296 g/mol. The molecule has 0 radical (unpaired) electrons. The van der Waals surface area contributed by atoms with Gasteiger partial charge in [-0.3, -0.25) is 4.79 Å². The van der Waals surface area contributed by atoms with Gasteiger partial charge in [0.05, 0.1) is 10.6 Å². The summed E-state index contributed by atoms with van der Waals surface area (Å²) in [6.45, 7) is 1.91. The summed E-state index contributed by atoms with van der Waals surface area (Å²) >= 11 is 9.12. The van der Waals surface area contributed by atoms with Crippen molar-refractivity contribution < 1.29 is 9.18 Å². The van der Waals surface area contributed by atoms with Crippen molar-refractivity contribution in [1.29, 1.82) is 0 Å². The van der Waals surface area contributed by atoms with E-state index in [0.29, 0.717) is 10.9 Å². The smallest absolute Gasteiger partial charge is 0.255 e. The summed E-state index contributed by atoms with van der Waals surface area (Å²) in [5.74, 6) is -0.658.